The summed E-state index contributed by atoms with van der Waals surface area (Å²) >= 11 is 6.25. The maximum absolute atomic E-state index is 12.7. The lowest BCUT2D eigenvalue weighted by molar-refractivity contribution is 0.0937. The number of hydrogen-bond acceptors (Lipinski definition) is 3. The summed E-state index contributed by atoms with van der Waals surface area (Å²) in [5, 5.41) is 3.89. The van der Waals surface area contributed by atoms with Crippen LogP contribution in [-0.4, -0.2) is 22.1 Å². The Labute approximate surface area is 205 Å². The molecule has 4 aromatic rings. The van der Waals surface area contributed by atoms with E-state index in [0.717, 1.165) is 58.1 Å². The number of halogens is 1. The fourth-order valence-electron chi connectivity index (χ4n) is 4.15. The van der Waals surface area contributed by atoms with Crippen molar-refractivity contribution in [1.82, 2.24) is 14.9 Å². The topological polar surface area (TPSA) is 56.1 Å². The summed E-state index contributed by atoms with van der Waals surface area (Å²) < 4.78 is 8.18. The van der Waals surface area contributed by atoms with Crippen LogP contribution in [0.1, 0.15) is 53.1 Å². The van der Waals surface area contributed by atoms with E-state index in [4.69, 9.17) is 21.3 Å². The van der Waals surface area contributed by atoms with Crippen molar-refractivity contribution in [2.45, 2.75) is 46.2 Å². The van der Waals surface area contributed by atoms with Crippen molar-refractivity contribution in [3.8, 4) is 5.75 Å². The van der Waals surface area contributed by atoms with Crippen LogP contribution in [0.15, 0.2) is 66.7 Å². The molecule has 0 aliphatic carbocycles. The van der Waals surface area contributed by atoms with Gasteiger partial charge in [0, 0.05) is 17.1 Å². The number of aryl methyl sites for hydroxylation is 3. The molecule has 1 N–H and O–H groups in total. The molecule has 0 fully saturated rings. The van der Waals surface area contributed by atoms with Crippen molar-refractivity contribution in [1.29, 1.82) is 0 Å². The largest absolute Gasteiger partial charge is 0.494 e. The Morgan fingerprint density at radius 3 is 2.44 bits per heavy atom. The number of nitrogens with zero attached hydrogens (tertiary/aromatic N) is 2. The summed E-state index contributed by atoms with van der Waals surface area (Å²) in [5.41, 5.74) is 4.70. The molecule has 3 aromatic carbocycles. The van der Waals surface area contributed by atoms with E-state index in [1.54, 1.807) is 0 Å². The number of carbonyl (C=O) groups excluding carboxylic acids is 1. The zero-order valence-corrected chi connectivity index (χ0v) is 20.6. The highest BCUT2D eigenvalue weighted by atomic mass is 35.5. The molecule has 1 aromatic heterocycles. The van der Waals surface area contributed by atoms with Crippen LogP contribution in [0.2, 0.25) is 5.02 Å². The Balaban J connectivity index is 1.41. The summed E-state index contributed by atoms with van der Waals surface area (Å²) in [7, 11) is 0. The van der Waals surface area contributed by atoms with Gasteiger partial charge < -0.3 is 14.6 Å². The van der Waals surface area contributed by atoms with Gasteiger partial charge in [0.25, 0.3) is 5.91 Å². The van der Waals surface area contributed by atoms with E-state index in [1.807, 2.05) is 81.4 Å². The van der Waals surface area contributed by atoms with Gasteiger partial charge in [-0.2, -0.15) is 0 Å². The predicted molar refractivity (Wildman–Crippen MR) is 138 cm³/mol. The second kappa shape index (κ2) is 10.7. The number of ether oxygens (including phenoxy) is 1. The van der Waals surface area contributed by atoms with Crippen LogP contribution in [0, 0.1) is 13.8 Å². The quantitative estimate of drug-likeness (QED) is 0.275. The van der Waals surface area contributed by atoms with E-state index in [-0.39, 0.29) is 11.9 Å². The van der Waals surface area contributed by atoms with E-state index < -0.39 is 0 Å². The van der Waals surface area contributed by atoms with E-state index in [0.29, 0.717) is 12.2 Å². The zero-order chi connectivity index (χ0) is 24.1. The number of carbonyl (C=O) groups is 1. The number of rotatable bonds is 9. The van der Waals surface area contributed by atoms with Gasteiger partial charge in [0.1, 0.15) is 11.6 Å². The number of benzene rings is 3. The maximum atomic E-state index is 12.7. The van der Waals surface area contributed by atoms with Gasteiger partial charge in [-0.15, -0.1) is 0 Å². The van der Waals surface area contributed by atoms with E-state index >= 15 is 0 Å². The number of para-hydroxylation sites is 2. The van der Waals surface area contributed by atoms with Crippen LogP contribution >= 0.6 is 11.6 Å². The van der Waals surface area contributed by atoms with Crippen molar-refractivity contribution >= 4 is 28.5 Å². The lowest BCUT2D eigenvalue weighted by Gasteiger charge is -2.17. The average Bonchev–Trinajstić information content (AvgIpc) is 3.21. The van der Waals surface area contributed by atoms with Gasteiger partial charge in [0.2, 0.25) is 0 Å². The third-order valence-electron chi connectivity index (χ3n) is 5.91. The molecule has 0 aliphatic rings. The number of unbranched alkanes of at least 4 members (excludes halogenated alkanes) is 1. The van der Waals surface area contributed by atoms with Gasteiger partial charge >= 0.3 is 0 Å². The fraction of sp³-hybridized carbons (Fsp3) is 0.286. The first-order valence-corrected chi connectivity index (χ1v) is 12.0. The van der Waals surface area contributed by atoms with Crippen LogP contribution in [0.4, 0.5) is 0 Å². The van der Waals surface area contributed by atoms with Gasteiger partial charge in [0.05, 0.1) is 23.7 Å². The first kappa shape index (κ1) is 23.8. The first-order valence-electron chi connectivity index (χ1n) is 11.6. The minimum atomic E-state index is -0.226. The van der Waals surface area contributed by atoms with E-state index in [9.17, 15) is 4.79 Å². The second-order valence-electron chi connectivity index (χ2n) is 8.60. The Morgan fingerprint density at radius 2 is 1.71 bits per heavy atom. The van der Waals surface area contributed by atoms with Crippen molar-refractivity contribution in [3.63, 3.8) is 0 Å². The molecule has 0 saturated heterocycles. The normalized spacial score (nSPS) is 12.0. The summed E-state index contributed by atoms with van der Waals surface area (Å²) in [6.07, 6.45) is 1.83. The molecule has 1 atom stereocenters. The average molecular weight is 476 g/mol. The van der Waals surface area contributed by atoms with Crippen molar-refractivity contribution in [2.24, 2.45) is 0 Å². The Kier molecular flexibility index (Phi) is 7.53. The van der Waals surface area contributed by atoms with Crippen LogP contribution in [0.5, 0.6) is 5.75 Å². The molecule has 34 heavy (non-hydrogen) atoms. The number of fused-ring (bicyclic) bond motifs is 1. The molecule has 4 rings (SSSR count). The Hall–Kier alpha value is -3.31. The molecular formula is C28H30ClN3O2. The summed E-state index contributed by atoms with van der Waals surface area (Å²) in [5.74, 6) is 1.61. The monoisotopic (exact) mass is 475 g/mol. The lowest BCUT2D eigenvalue weighted by atomic mass is 10.1. The minimum absolute atomic E-state index is 0.103. The van der Waals surface area contributed by atoms with Gasteiger partial charge in [-0.25, -0.2) is 4.98 Å². The molecule has 0 bridgehead atoms. The molecule has 1 amide bonds. The Bertz CT molecular complexity index is 1260. The molecule has 176 valence electrons. The Morgan fingerprint density at radius 1 is 1.03 bits per heavy atom. The lowest BCUT2D eigenvalue weighted by Crippen LogP contribution is -2.28. The number of nitrogens with one attached hydrogen (secondary N) is 1. The van der Waals surface area contributed by atoms with Gasteiger partial charge in [-0.05, 0) is 81.1 Å². The van der Waals surface area contributed by atoms with Crippen molar-refractivity contribution in [2.75, 3.05) is 6.61 Å². The highest BCUT2D eigenvalue weighted by Gasteiger charge is 2.19. The van der Waals surface area contributed by atoms with Gasteiger partial charge in [-0.3, -0.25) is 4.79 Å². The van der Waals surface area contributed by atoms with Gasteiger partial charge in [-0.1, -0.05) is 41.9 Å². The fourth-order valence-corrected chi connectivity index (χ4v) is 4.25. The molecule has 0 spiro atoms. The van der Waals surface area contributed by atoms with E-state index in [2.05, 4.69) is 16.0 Å². The number of imidazole rings is 1. The summed E-state index contributed by atoms with van der Waals surface area (Å²) in [6.45, 7) is 7.39. The number of amides is 1. The molecule has 1 heterocycles. The molecule has 1 unspecified atom stereocenters. The number of aromatic nitrogens is 2. The highest BCUT2D eigenvalue weighted by Crippen LogP contribution is 2.26. The molecule has 0 radical (unpaired) electrons. The highest BCUT2D eigenvalue weighted by molar-refractivity contribution is 6.32. The molecule has 0 aliphatic heterocycles. The van der Waals surface area contributed by atoms with E-state index in [1.165, 1.54) is 0 Å². The molecule has 6 heteroatoms. The summed E-state index contributed by atoms with van der Waals surface area (Å²) in [4.78, 5) is 17.5. The molecular weight excluding hydrogens is 446 g/mol. The second-order valence-corrected chi connectivity index (χ2v) is 8.98. The zero-order valence-electron chi connectivity index (χ0n) is 19.8. The van der Waals surface area contributed by atoms with Crippen molar-refractivity contribution in [3.05, 3.63) is 94.3 Å². The van der Waals surface area contributed by atoms with Crippen molar-refractivity contribution < 1.29 is 9.53 Å². The smallest absolute Gasteiger partial charge is 0.251 e. The minimum Gasteiger partial charge on any atom is -0.494 e. The molecule has 0 saturated carbocycles. The first-order chi connectivity index (χ1) is 16.4. The van der Waals surface area contributed by atoms with Gasteiger partial charge in [0.15, 0.2) is 0 Å². The van der Waals surface area contributed by atoms with Crippen LogP contribution in [-0.2, 0) is 6.54 Å². The number of hydrogen-bond donors (Lipinski definition) is 1. The SMILES string of the molecule is Cc1cc(OCCCCn2c(C(C)NC(=O)c3ccccc3)nc3ccccc32)cc(C)c1Cl. The standard InChI is InChI=1S/C28H30ClN3O2/c1-19-17-23(18-20(2)26(19)29)34-16-10-9-15-32-25-14-8-7-13-24(25)31-27(32)21(3)30-28(33)22-11-5-4-6-12-22/h4-8,11-14,17-18,21H,9-10,15-16H2,1-3H3,(H,30,33). The van der Waals surface area contributed by atoms with Crippen LogP contribution < -0.4 is 10.1 Å². The molecule has 5 nitrogen and oxygen atoms in total. The third kappa shape index (κ3) is 5.42. The maximum Gasteiger partial charge on any atom is 0.251 e. The summed E-state index contributed by atoms with van der Waals surface area (Å²) in [6, 6.07) is 21.1. The third-order valence-corrected chi connectivity index (χ3v) is 6.51. The van der Waals surface area contributed by atoms with Crippen LogP contribution in [0.3, 0.4) is 0 Å². The van der Waals surface area contributed by atoms with Crippen LogP contribution in [0.25, 0.3) is 11.0 Å². The predicted octanol–water partition coefficient (Wildman–Crippen LogP) is 6.66.